The average molecular weight is 280 g/mol. The molecule has 0 saturated carbocycles. The van der Waals surface area contributed by atoms with Crippen molar-refractivity contribution in [2.24, 2.45) is 0 Å². The lowest BCUT2D eigenvalue weighted by Gasteiger charge is -2.12. The van der Waals surface area contributed by atoms with Crippen LogP contribution in [0.15, 0.2) is 36.4 Å². The number of hydrogen-bond acceptors (Lipinski definition) is 3. The number of benzene rings is 2. The number of methoxy groups -OCH3 is 1. The molecule has 0 fully saturated rings. The molecule has 3 nitrogen and oxygen atoms in total. The fourth-order valence-electron chi connectivity index (χ4n) is 1.72. The molecule has 0 bridgehead atoms. The van der Waals surface area contributed by atoms with E-state index in [1.165, 1.54) is 19.2 Å². The lowest BCUT2D eigenvalue weighted by Crippen LogP contribution is -2.01. The normalized spacial score (nSPS) is 10.4. The summed E-state index contributed by atoms with van der Waals surface area (Å²) < 4.78 is 36.8. The molecular formula is C15H14F2O3. The van der Waals surface area contributed by atoms with Crippen LogP contribution in [0.5, 0.6) is 11.5 Å². The van der Waals surface area contributed by atoms with Gasteiger partial charge in [0.15, 0.2) is 0 Å². The maximum atomic E-state index is 13.5. The highest BCUT2D eigenvalue weighted by Crippen LogP contribution is 2.26. The Balaban J connectivity index is 2.17. The monoisotopic (exact) mass is 280 g/mol. The zero-order valence-corrected chi connectivity index (χ0v) is 10.9. The third kappa shape index (κ3) is 3.24. The van der Waals surface area contributed by atoms with Gasteiger partial charge in [0.2, 0.25) is 0 Å². The van der Waals surface area contributed by atoms with E-state index < -0.39 is 11.6 Å². The highest BCUT2D eigenvalue weighted by atomic mass is 19.1. The predicted octanol–water partition coefficient (Wildman–Crippen LogP) is 3.04. The molecule has 106 valence electrons. The van der Waals surface area contributed by atoms with Crippen LogP contribution in [-0.4, -0.2) is 12.2 Å². The molecule has 0 unspecified atom stereocenters. The second-order valence-corrected chi connectivity index (χ2v) is 4.16. The molecular weight excluding hydrogens is 266 g/mol. The molecule has 20 heavy (non-hydrogen) atoms. The first-order chi connectivity index (χ1) is 9.63. The standard InChI is InChI=1S/C15H14F2O3/c1-19-13-5-3-10(8-18)15(7-13)20-9-11-2-4-12(16)6-14(11)17/h2-7,18H,8-9H2,1H3. The quantitative estimate of drug-likeness (QED) is 0.915. The Morgan fingerprint density at radius 3 is 2.45 bits per heavy atom. The highest BCUT2D eigenvalue weighted by molar-refractivity contribution is 5.40. The highest BCUT2D eigenvalue weighted by Gasteiger charge is 2.08. The molecule has 0 amide bonds. The first-order valence-electron chi connectivity index (χ1n) is 5.98. The van der Waals surface area contributed by atoms with Gasteiger partial charge in [0.25, 0.3) is 0 Å². The molecule has 2 aromatic rings. The lowest BCUT2D eigenvalue weighted by molar-refractivity contribution is 0.256. The van der Waals surface area contributed by atoms with E-state index in [1.54, 1.807) is 18.2 Å². The Hall–Kier alpha value is -2.14. The van der Waals surface area contributed by atoms with Crippen LogP contribution in [-0.2, 0) is 13.2 Å². The van der Waals surface area contributed by atoms with Crippen molar-refractivity contribution in [3.8, 4) is 11.5 Å². The zero-order chi connectivity index (χ0) is 14.5. The van der Waals surface area contributed by atoms with Crippen molar-refractivity contribution in [2.75, 3.05) is 7.11 Å². The van der Waals surface area contributed by atoms with Crippen LogP contribution in [0.25, 0.3) is 0 Å². The van der Waals surface area contributed by atoms with Crippen LogP contribution >= 0.6 is 0 Å². The van der Waals surface area contributed by atoms with E-state index in [9.17, 15) is 13.9 Å². The van der Waals surface area contributed by atoms with Crippen molar-refractivity contribution in [1.29, 1.82) is 0 Å². The van der Waals surface area contributed by atoms with Gasteiger partial charge in [-0.05, 0) is 24.3 Å². The van der Waals surface area contributed by atoms with Crippen molar-refractivity contribution in [3.05, 3.63) is 59.2 Å². The molecule has 0 aliphatic heterocycles. The predicted molar refractivity (Wildman–Crippen MR) is 69.6 cm³/mol. The molecule has 0 aliphatic carbocycles. The second-order valence-electron chi connectivity index (χ2n) is 4.16. The first-order valence-corrected chi connectivity index (χ1v) is 5.98. The number of ether oxygens (including phenoxy) is 2. The van der Waals surface area contributed by atoms with Crippen LogP contribution in [0.2, 0.25) is 0 Å². The summed E-state index contributed by atoms with van der Waals surface area (Å²) in [5, 5.41) is 9.23. The van der Waals surface area contributed by atoms with Gasteiger partial charge in [-0.1, -0.05) is 0 Å². The van der Waals surface area contributed by atoms with Crippen molar-refractivity contribution < 1.29 is 23.4 Å². The molecule has 0 atom stereocenters. The van der Waals surface area contributed by atoms with E-state index in [4.69, 9.17) is 9.47 Å². The van der Waals surface area contributed by atoms with E-state index in [-0.39, 0.29) is 18.8 Å². The molecule has 2 rings (SSSR count). The Bertz CT molecular complexity index is 600. The smallest absolute Gasteiger partial charge is 0.132 e. The molecule has 0 spiro atoms. The van der Waals surface area contributed by atoms with E-state index in [2.05, 4.69) is 0 Å². The van der Waals surface area contributed by atoms with Gasteiger partial charge in [-0.3, -0.25) is 0 Å². The molecule has 0 heterocycles. The van der Waals surface area contributed by atoms with Gasteiger partial charge in [0, 0.05) is 23.3 Å². The number of hydrogen-bond donors (Lipinski definition) is 1. The number of aliphatic hydroxyl groups is 1. The van der Waals surface area contributed by atoms with Gasteiger partial charge in [0.05, 0.1) is 13.7 Å². The van der Waals surface area contributed by atoms with E-state index in [0.717, 1.165) is 6.07 Å². The summed E-state index contributed by atoms with van der Waals surface area (Å²) in [6, 6.07) is 8.25. The van der Waals surface area contributed by atoms with Gasteiger partial charge in [-0.2, -0.15) is 0 Å². The summed E-state index contributed by atoms with van der Waals surface area (Å²) in [5.41, 5.74) is 0.798. The Morgan fingerprint density at radius 2 is 1.80 bits per heavy atom. The van der Waals surface area contributed by atoms with Gasteiger partial charge in [-0.15, -0.1) is 0 Å². The molecule has 0 aromatic heterocycles. The lowest BCUT2D eigenvalue weighted by atomic mass is 10.2. The third-order valence-electron chi connectivity index (χ3n) is 2.84. The Labute approximate surface area is 115 Å². The minimum absolute atomic E-state index is 0.0632. The summed E-state index contributed by atoms with van der Waals surface area (Å²) in [5.74, 6) is -0.338. The molecule has 0 aliphatic rings. The zero-order valence-electron chi connectivity index (χ0n) is 10.9. The van der Waals surface area contributed by atoms with Gasteiger partial charge in [-0.25, -0.2) is 8.78 Å². The van der Waals surface area contributed by atoms with Crippen LogP contribution in [0, 0.1) is 11.6 Å². The summed E-state index contributed by atoms with van der Waals surface area (Å²) >= 11 is 0. The van der Waals surface area contributed by atoms with E-state index in [0.29, 0.717) is 17.1 Å². The summed E-state index contributed by atoms with van der Waals surface area (Å²) in [7, 11) is 1.51. The average Bonchev–Trinajstić information content (AvgIpc) is 2.46. The van der Waals surface area contributed by atoms with Crippen LogP contribution in [0.4, 0.5) is 8.78 Å². The van der Waals surface area contributed by atoms with Crippen molar-refractivity contribution >= 4 is 0 Å². The molecule has 0 radical (unpaired) electrons. The largest absolute Gasteiger partial charge is 0.497 e. The number of aliphatic hydroxyl groups excluding tert-OH is 1. The van der Waals surface area contributed by atoms with E-state index in [1.807, 2.05) is 0 Å². The van der Waals surface area contributed by atoms with Crippen molar-refractivity contribution in [1.82, 2.24) is 0 Å². The number of rotatable bonds is 5. The van der Waals surface area contributed by atoms with Gasteiger partial charge < -0.3 is 14.6 Å². The number of halogens is 2. The summed E-state index contributed by atoms with van der Waals surface area (Å²) in [4.78, 5) is 0. The van der Waals surface area contributed by atoms with Crippen molar-refractivity contribution in [3.63, 3.8) is 0 Å². The minimum atomic E-state index is -0.668. The Kier molecular flexibility index (Phi) is 4.53. The maximum absolute atomic E-state index is 13.5. The molecule has 5 heteroatoms. The summed E-state index contributed by atoms with van der Waals surface area (Å²) in [6.45, 7) is -0.266. The second kappa shape index (κ2) is 6.34. The fourth-order valence-corrected chi connectivity index (χ4v) is 1.72. The minimum Gasteiger partial charge on any atom is -0.497 e. The topological polar surface area (TPSA) is 38.7 Å². The van der Waals surface area contributed by atoms with Crippen LogP contribution < -0.4 is 9.47 Å². The molecule has 2 aromatic carbocycles. The Morgan fingerprint density at radius 1 is 1.05 bits per heavy atom. The fraction of sp³-hybridized carbons (Fsp3) is 0.200. The van der Waals surface area contributed by atoms with Crippen molar-refractivity contribution in [2.45, 2.75) is 13.2 Å². The van der Waals surface area contributed by atoms with Crippen LogP contribution in [0.3, 0.4) is 0 Å². The SMILES string of the molecule is COc1ccc(CO)c(OCc2ccc(F)cc2F)c1. The molecule has 1 N–H and O–H groups in total. The first kappa shape index (κ1) is 14.3. The van der Waals surface area contributed by atoms with Gasteiger partial charge in [0.1, 0.15) is 29.7 Å². The third-order valence-corrected chi connectivity index (χ3v) is 2.84. The van der Waals surface area contributed by atoms with Crippen LogP contribution in [0.1, 0.15) is 11.1 Å². The molecule has 0 saturated heterocycles. The van der Waals surface area contributed by atoms with Gasteiger partial charge >= 0.3 is 0 Å². The maximum Gasteiger partial charge on any atom is 0.132 e. The van der Waals surface area contributed by atoms with E-state index >= 15 is 0 Å². The summed E-state index contributed by atoms with van der Waals surface area (Å²) in [6.07, 6.45) is 0.